The van der Waals surface area contributed by atoms with E-state index in [-0.39, 0.29) is 25.2 Å². The van der Waals surface area contributed by atoms with Crippen LogP contribution in [0.25, 0.3) is 0 Å². The standard InChI is InChI=1S/C19H21NO5.ClH/c1-21-16-7-12(8-17(22-2)19(16)23-3)18-13-9-15-14(24-10-25-15)6-11(13)4-5-20-18;/h6-9,18,20H,4-5,10H2,1-3H3;1H. The molecule has 0 aliphatic carbocycles. The molecule has 0 saturated carbocycles. The van der Waals surface area contributed by atoms with Crippen LogP contribution in [0.1, 0.15) is 22.7 Å². The molecule has 26 heavy (non-hydrogen) atoms. The van der Waals surface area contributed by atoms with Gasteiger partial charge < -0.3 is 29.0 Å². The molecular weight excluding hydrogens is 358 g/mol. The molecule has 2 aliphatic heterocycles. The van der Waals surface area contributed by atoms with Gasteiger partial charge in [0.15, 0.2) is 23.0 Å². The van der Waals surface area contributed by atoms with E-state index in [9.17, 15) is 0 Å². The van der Waals surface area contributed by atoms with Crippen LogP contribution in [0.5, 0.6) is 28.7 Å². The van der Waals surface area contributed by atoms with Gasteiger partial charge in [-0.2, -0.15) is 0 Å². The maximum Gasteiger partial charge on any atom is 0.231 e. The van der Waals surface area contributed by atoms with Gasteiger partial charge in [-0.05, 0) is 47.4 Å². The van der Waals surface area contributed by atoms with Crippen molar-refractivity contribution in [2.24, 2.45) is 0 Å². The van der Waals surface area contributed by atoms with Crippen molar-refractivity contribution < 1.29 is 23.7 Å². The molecular formula is C19H22ClNO5. The Morgan fingerprint density at radius 1 is 0.923 bits per heavy atom. The van der Waals surface area contributed by atoms with E-state index in [4.69, 9.17) is 23.7 Å². The molecule has 0 spiro atoms. The molecule has 2 aliphatic rings. The van der Waals surface area contributed by atoms with E-state index in [2.05, 4.69) is 17.4 Å². The van der Waals surface area contributed by atoms with Crippen LogP contribution in [0.15, 0.2) is 24.3 Å². The van der Waals surface area contributed by atoms with E-state index in [1.807, 2.05) is 12.1 Å². The summed E-state index contributed by atoms with van der Waals surface area (Å²) in [7, 11) is 4.86. The molecule has 2 heterocycles. The Morgan fingerprint density at radius 3 is 2.19 bits per heavy atom. The summed E-state index contributed by atoms with van der Waals surface area (Å²) in [6.45, 7) is 1.16. The lowest BCUT2D eigenvalue weighted by Gasteiger charge is -2.28. The van der Waals surface area contributed by atoms with Crippen LogP contribution >= 0.6 is 12.4 Å². The molecule has 2 aromatic carbocycles. The third-order valence-corrected chi connectivity index (χ3v) is 4.71. The summed E-state index contributed by atoms with van der Waals surface area (Å²) in [5.41, 5.74) is 3.50. The van der Waals surface area contributed by atoms with E-state index < -0.39 is 0 Å². The van der Waals surface area contributed by atoms with Crippen molar-refractivity contribution in [3.8, 4) is 28.7 Å². The molecule has 0 amide bonds. The molecule has 7 heteroatoms. The number of benzene rings is 2. The minimum Gasteiger partial charge on any atom is -0.493 e. The molecule has 0 radical (unpaired) electrons. The van der Waals surface area contributed by atoms with E-state index >= 15 is 0 Å². The maximum absolute atomic E-state index is 5.56. The minimum absolute atomic E-state index is 0. The Bertz CT molecular complexity index is 786. The lowest BCUT2D eigenvalue weighted by atomic mass is 9.89. The normalized spacial score (nSPS) is 17.1. The zero-order valence-corrected chi connectivity index (χ0v) is 15.8. The summed E-state index contributed by atoms with van der Waals surface area (Å²) < 4.78 is 27.5. The van der Waals surface area contributed by atoms with E-state index in [0.717, 1.165) is 30.0 Å². The molecule has 0 fully saturated rings. The average Bonchev–Trinajstić information content (AvgIpc) is 3.11. The highest BCUT2D eigenvalue weighted by atomic mass is 35.5. The molecule has 6 nitrogen and oxygen atoms in total. The quantitative estimate of drug-likeness (QED) is 0.881. The number of hydrogen-bond donors (Lipinski definition) is 1. The fraction of sp³-hybridized carbons (Fsp3) is 0.368. The maximum atomic E-state index is 5.56. The largest absolute Gasteiger partial charge is 0.493 e. The van der Waals surface area contributed by atoms with Gasteiger partial charge in [0.1, 0.15) is 0 Å². The van der Waals surface area contributed by atoms with E-state index in [0.29, 0.717) is 17.2 Å². The molecule has 0 aromatic heterocycles. The summed E-state index contributed by atoms with van der Waals surface area (Å²) in [5, 5.41) is 3.57. The summed E-state index contributed by atoms with van der Waals surface area (Å²) in [6.07, 6.45) is 0.951. The van der Waals surface area contributed by atoms with Crippen LogP contribution in [0, 0.1) is 0 Å². The van der Waals surface area contributed by atoms with Gasteiger partial charge in [0.25, 0.3) is 0 Å². The van der Waals surface area contributed by atoms with Crippen molar-refractivity contribution in [3.63, 3.8) is 0 Å². The summed E-state index contributed by atoms with van der Waals surface area (Å²) in [6, 6.07) is 8.14. The van der Waals surface area contributed by atoms with Gasteiger partial charge in [-0.25, -0.2) is 0 Å². The van der Waals surface area contributed by atoms with Crippen LogP contribution in [0.4, 0.5) is 0 Å². The Balaban J connectivity index is 0.00000196. The van der Waals surface area contributed by atoms with Crippen molar-refractivity contribution in [1.82, 2.24) is 5.32 Å². The first-order chi connectivity index (χ1) is 12.2. The fourth-order valence-corrected chi connectivity index (χ4v) is 3.51. The molecule has 140 valence electrons. The second-order valence-electron chi connectivity index (χ2n) is 6.00. The second-order valence-corrected chi connectivity index (χ2v) is 6.00. The number of methoxy groups -OCH3 is 3. The molecule has 1 N–H and O–H groups in total. The van der Waals surface area contributed by atoms with Crippen molar-refractivity contribution in [3.05, 3.63) is 41.0 Å². The van der Waals surface area contributed by atoms with Crippen LogP contribution in [0.3, 0.4) is 0 Å². The number of hydrogen-bond acceptors (Lipinski definition) is 6. The molecule has 0 bridgehead atoms. The Kier molecular flexibility index (Phi) is 5.34. The van der Waals surface area contributed by atoms with E-state index in [1.54, 1.807) is 21.3 Å². The predicted octanol–water partition coefficient (Wildman–Crippen LogP) is 3.10. The van der Waals surface area contributed by atoms with Gasteiger partial charge in [-0.3, -0.25) is 0 Å². The van der Waals surface area contributed by atoms with Crippen molar-refractivity contribution in [1.29, 1.82) is 0 Å². The Hall–Kier alpha value is -2.31. The van der Waals surface area contributed by atoms with Crippen LogP contribution in [0.2, 0.25) is 0 Å². The Labute approximate surface area is 158 Å². The predicted molar refractivity (Wildman–Crippen MR) is 99.5 cm³/mol. The van der Waals surface area contributed by atoms with Crippen LogP contribution in [-0.4, -0.2) is 34.7 Å². The highest BCUT2D eigenvalue weighted by Crippen LogP contribution is 2.44. The zero-order valence-electron chi connectivity index (χ0n) is 15.0. The number of nitrogens with one attached hydrogen (secondary N) is 1. The molecule has 1 atom stereocenters. The van der Waals surface area contributed by atoms with Gasteiger partial charge >= 0.3 is 0 Å². The molecule has 0 saturated heterocycles. The van der Waals surface area contributed by atoms with Crippen LogP contribution in [-0.2, 0) is 6.42 Å². The molecule has 4 rings (SSSR count). The molecule has 1 unspecified atom stereocenters. The summed E-state index contributed by atoms with van der Waals surface area (Å²) >= 11 is 0. The topological polar surface area (TPSA) is 58.2 Å². The minimum atomic E-state index is 0. The van der Waals surface area contributed by atoms with E-state index in [1.165, 1.54) is 11.1 Å². The summed E-state index contributed by atoms with van der Waals surface area (Å²) in [5.74, 6) is 3.50. The highest BCUT2D eigenvalue weighted by molar-refractivity contribution is 5.85. The monoisotopic (exact) mass is 379 g/mol. The number of rotatable bonds is 4. The first-order valence-electron chi connectivity index (χ1n) is 8.21. The van der Waals surface area contributed by atoms with Gasteiger partial charge in [-0.15, -0.1) is 12.4 Å². The van der Waals surface area contributed by atoms with Crippen molar-refractivity contribution in [2.75, 3.05) is 34.7 Å². The summed E-state index contributed by atoms with van der Waals surface area (Å²) in [4.78, 5) is 0. The highest BCUT2D eigenvalue weighted by Gasteiger charge is 2.27. The number of halogens is 1. The van der Waals surface area contributed by atoms with Gasteiger partial charge in [0, 0.05) is 6.54 Å². The SMILES string of the molecule is COc1cc(C2NCCc3cc4c(cc32)OCO4)cc(OC)c1OC.Cl. The third kappa shape index (κ3) is 2.99. The lowest BCUT2D eigenvalue weighted by Crippen LogP contribution is -2.30. The first-order valence-corrected chi connectivity index (χ1v) is 8.21. The van der Waals surface area contributed by atoms with Crippen LogP contribution < -0.4 is 29.0 Å². The first kappa shape index (κ1) is 18.5. The molecule has 2 aromatic rings. The fourth-order valence-electron chi connectivity index (χ4n) is 3.51. The third-order valence-electron chi connectivity index (χ3n) is 4.71. The van der Waals surface area contributed by atoms with Gasteiger partial charge in [0.05, 0.1) is 27.4 Å². The second kappa shape index (κ2) is 7.51. The smallest absolute Gasteiger partial charge is 0.231 e. The van der Waals surface area contributed by atoms with Gasteiger partial charge in [-0.1, -0.05) is 0 Å². The average molecular weight is 380 g/mol. The van der Waals surface area contributed by atoms with Crippen molar-refractivity contribution in [2.45, 2.75) is 12.5 Å². The lowest BCUT2D eigenvalue weighted by molar-refractivity contribution is 0.174. The Morgan fingerprint density at radius 2 is 1.58 bits per heavy atom. The zero-order chi connectivity index (χ0) is 17.4. The van der Waals surface area contributed by atoms with Crippen molar-refractivity contribution >= 4 is 12.4 Å². The van der Waals surface area contributed by atoms with Gasteiger partial charge in [0.2, 0.25) is 12.5 Å². The number of fused-ring (bicyclic) bond motifs is 2. The number of ether oxygens (including phenoxy) is 5.